The normalized spacial score (nSPS) is 15.4. The number of nitrogens with zero attached hydrogens (tertiary/aromatic N) is 15. The number of ether oxygens (including phenoxy) is 3. The summed E-state index contributed by atoms with van der Waals surface area (Å²) in [5.74, 6) is 5.39. The smallest absolute Gasteiger partial charge is 0.246 e. The molecule has 6 aromatic carbocycles. The molecular formula is C76H80N18O6. The first-order valence-corrected chi connectivity index (χ1v) is 31.6. The van der Waals surface area contributed by atoms with Crippen molar-refractivity contribution in [3.63, 3.8) is 0 Å². The lowest BCUT2D eigenvalue weighted by atomic mass is 10.1. The van der Waals surface area contributed by atoms with Crippen LogP contribution < -0.4 is 31.4 Å². The highest BCUT2D eigenvalue weighted by Crippen LogP contribution is 2.39. The first-order valence-electron chi connectivity index (χ1n) is 31.6. The van der Waals surface area contributed by atoms with E-state index in [-0.39, 0.29) is 58.1 Å². The van der Waals surface area contributed by atoms with Gasteiger partial charge in [0.1, 0.15) is 88.0 Å². The fraction of sp³-hybridized carbons (Fsp3) is 0.211. The first-order chi connectivity index (χ1) is 47.4. The molecule has 3 unspecified atom stereocenters. The van der Waals surface area contributed by atoms with Crippen LogP contribution in [0.3, 0.4) is 0 Å². The standard InChI is InChI=1S/C25H24N6O2.2C24H22N6O2.3CH4/c1-2-21(32)30-14-6-7-18(15-30)31-25-22(24(26)27-16-28-25)23(29-31)17-10-12-20(13-11-17)33-19-8-4-3-5-9-19;2*1-2-20(31)29-13-12-17(14-29)30-24-21(23(25)26-15-27-24)22(28-30)16-8-10-19(11-9-16)32-18-6-4-3-5-7-18;;;/h2-5,8-13,16,18H,1,6-7,14-15H2,(H2,26,27,28);2*2-11,15,17H,1,12-14H2,(H2,25,26,27);3*1H4. The van der Waals surface area contributed by atoms with Crippen molar-refractivity contribution in [3.05, 3.63) is 221 Å². The lowest BCUT2D eigenvalue weighted by Gasteiger charge is -2.32. The van der Waals surface area contributed by atoms with Gasteiger partial charge in [0.2, 0.25) is 17.7 Å². The number of amides is 3. The van der Waals surface area contributed by atoms with Gasteiger partial charge in [0, 0.05) is 56.0 Å². The topological polar surface area (TPSA) is 297 Å². The van der Waals surface area contributed by atoms with Crippen molar-refractivity contribution >= 4 is 68.3 Å². The van der Waals surface area contributed by atoms with Crippen LogP contribution in [0.25, 0.3) is 66.9 Å². The number of carbonyl (C=O) groups is 3. The molecule has 0 saturated carbocycles. The number of para-hydroxylation sites is 3. The van der Waals surface area contributed by atoms with Crippen molar-refractivity contribution in [2.45, 2.75) is 66.1 Å². The molecule has 3 saturated heterocycles. The maximum atomic E-state index is 12.2. The Hall–Kier alpha value is -12.6. The molecule has 12 aromatic rings. The third kappa shape index (κ3) is 15.0. The molecular weight excluding hydrogens is 1260 g/mol. The molecule has 15 rings (SSSR count). The van der Waals surface area contributed by atoms with Crippen molar-refractivity contribution in [1.29, 1.82) is 0 Å². The molecule has 100 heavy (non-hydrogen) atoms. The average Bonchev–Trinajstić information content (AvgIpc) is 1.62. The summed E-state index contributed by atoms with van der Waals surface area (Å²) in [6.45, 7) is 14.4. The minimum absolute atomic E-state index is 0. The Morgan fingerprint density at radius 2 is 0.640 bits per heavy atom. The number of piperidine rings is 1. The van der Waals surface area contributed by atoms with Crippen molar-refractivity contribution < 1.29 is 28.6 Å². The molecule has 3 amide bonds. The van der Waals surface area contributed by atoms with E-state index in [4.69, 9.17) is 46.7 Å². The molecule has 3 aliphatic heterocycles. The summed E-state index contributed by atoms with van der Waals surface area (Å²) in [7, 11) is 0. The van der Waals surface area contributed by atoms with Crippen LogP contribution in [0.15, 0.2) is 221 Å². The summed E-state index contributed by atoms with van der Waals surface area (Å²) >= 11 is 0. The Labute approximate surface area is 579 Å². The largest absolute Gasteiger partial charge is 0.457 e. The number of benzene rings is 6. The second-order valence-electron chi connectivity index (χ2n) is 23.2. The monoisotopic (exact) mass is 1340 g/mol. The molecule has 510 valence electrons. The minimum atomic E-state index is -0.0765. The van der Waals surface area contributed by atoms with Crippen LogP contribution in [-0.2, 0) is 14.4 Å². The molecule has 0 aliphatic carbocycles. The van der Waals surface area contributed by atoms with Gasteiger partial charge in [-0.2, -0.15) is 15.3 Å². The number of nitrogen functional groups attached to an aromatic ring is 3. The zero-order valence-corrected chi connectivity index (χ0v) is 52.9. The Kier molecular flexibility index (Phi) is 22.1. The summed E-state index contributed by atoms with van der Waals surface area (Å²) < 4.78 is 23.3. The molecule has 0 radical (unpaired) electrons. The highest BCUT2D eigenvalue weighted by molar-refractivity contribution is 6.00. The van der Waals surface area contributed by atoms with E-state index >= 15 is 0 Å². The summed E-state index contributed by atoms with van der Waals surface area (Å²) in [5.41, 5.74) is 25.5. The molecule has 6 aromatic heterocycles. The van der Waals surface area contributed by atoms with E-state index in [9.17, 15) is 14.4 Å². The van der Waals surface area contributed by atoms with Crippen molar-refractivity contribution in [2.24, 2.45) is 0 Å². The Balaban J connectivity index is 0.000000160. The van der Waals surface area contributed by atoms with Crippen LogP contribution in [0.4, 0.5) is 17.5 Å². The van der Waals surface area contributed by atoms with E-state index in [0.29, 0.717) is 107 Å². The Morgan fingerprint density at radius 1 is 0.370 bits per heavy atom. The van der Waals surface area contributed by atoms with Gasteiger partial charge in [-0.3, -0.25) is 14.4 Å². The molecule has 3 fully saturated rings. The van der Waals surface area contributed by atoms with Gasteiger partial charge in [-0.05, 0) is 153 Å². The third-order valence-electron chi connectivity index (χ3n) is 17.1. The van der Waals surface area contributed by atoms with Gasteiger partial charge in [-0.1, -0.05) is 96.6 Å². The molecule has 0 bridgehead atoms. The molecule has 3 aliphatic rings. The Morgan fingerprint density at radius 3 is 0.930 bits per heavy atom. The number of hydrogen-bond acceptors (Lipinski definition) is 18. The predicted octanol–water partition coefficient (Wildman–Crippen LogP) is 13.8. The second-order valence-corrected chi connectivity index (χ2v) is 23.2. The SMILES string of the molecule is C.C.C.C=CC(=O)N1CCC(n2nc(-c3ccc(Oc4ccccc4)cc3)c3c(N)ncnc32)C1.C=CC(=O)N1CCC(n2nc(-c3ccc(Oc4ccccc4)cc3)c3c(N)ncnc32)C1.C=CC(=O)N1CCCC(n2nc(-c3ccc(Oc4ccccc4)cc3)c3c(N)ncnc32)C1. The number of aromatic nitrogens is 12. The van der Waals surface area contributed by atoms with Gasteiger partial charge in [-0.15, -0.1) is 0 Å². The first kappa shape index (κ1) is 70.2. The molecule has 24 nitrogen and oxygen atoms in total. The fourth-order valence-electron chi connectivity index (χ4n) is 12.3. The van der Waals surface area contributed by atoms with Gasteiger partial charge in [0.05, 0.1) is 34.3 Å². The van der Waals surface area contributed by atoms with Crippen LogP contribution in [-0.4, -0.2) is 131 Å². The lowest BCUT2D eigenvalue weighted by Crippen LogP contribution is -2.40. The average molecular weight is 1340 g/mol. The molecule has 0 spiro atoms. The predicted molar refractivity (Wildman–Crippen MR) is 391 cm³/mol. The summed E-state index contributed by atoms with van der Waals surface area (Å²) in [6.07, 6.45) is 11.7. The van der Waals surface area contributed by atoms with E-state index < -0.39 is 0 Å². The zero-order chi connectivity index (χ0) is 66.9. The van der Waals surface area contributed by atoms with E-state index in [1.54, 1.807) is 14.7 Å². The van der Waals surface area contributed by atoms with Crippen LogP contribution in [0.2, 0.25) is 0 Å². The second kappa shape index (κ2) is 31.5. The number of anilines is 3. The van der Waals surface area contributed by atoms with Crippen LogP contribution in [0.5, 0.6) is 34.5 Å². The summed E-state index contributed by atoms with van der Waals surface area (Å²) in [6, 6.07) is 51.9. The highest BCUT2D eigenvalue weighted by atomic mass is 16.5. The maximum Gasteiger partial charge on any atom is 0.246 e. The summed E-state index contributed by atoms with van der Waals surface area (Å²) in [4.78, 5) is 67.5. The number of likely N-dealkylation sites (tertiary alicyclic amines) is 3. The maximum absolute atomic E-state index is 12.2. The van der Waals surface area contributed by atoms with Gasteiger partial charge < -0.3 is 46.1 Å². The Bertz CT molecular complexity index is 4630. The number of hydrogen-bond donors (Lipinski definition) is 3. The van der Waals surface area contributed by atoms with Crippen molar-refractivity contribution in [3.8, 4) is 68.3 Å². The molecule has 3 atom stereocenters. The van der Waals surface area contributed by atoms with Gasteiger partial charge in [0.25, 0.3) is 0 Å². The van der Waals surface area contributed by atoms with Crippen LogP contribution in [0, 0.1) is 0 Å². The van der Waals surface area contributed by atoms with E-state index in [0.717, 1.165) is 76.9 Å². The van der Waals surface area contributed by atoms with E-state index in [1.165, 1.54) is 37.2 Å². The molecule has 6 N–H and O–H groups in total. The van der Waals surface area contributed by atoms with Gasteiger partial charge in [0.15, 0.2) is 16.9 Å². The quantitative estimate of drug-likeness (QED) is 0.0803. The fourth-order valence-corrected chi connectivity index (χ4v) is 12.3. The number of rotatable bonds is 15. The number of carbonyl (C=O) groups excluding carboxylic acids is 3. The minimum Gasteiger partial charge on any atom is -0.457 e. The van der Waals surface area contributed by atoms with E-state index in [1.807, 2.05) is 178 Å². The third-order valence-corrected chi connectivity index (χ3v) is 17.1. The van der Waals surface area contributed by atoms with E-state index in [2.05, 4.69) is 49.6 Å². The summed E-state index contributed by atoms with van der Waals surface area (Å²) in [5, 5.41) is 16.8. The highest BCUT2D eigenvalue weighted by Gasteiger charge is 2.33. The zero-order valence-electron chi connectivity index (χ0n) is 52.9. The molecule has 24 heteroatoms. The van der Waals surface area contributed by atoms with Gasteiger partial charge >= 0.3 is 0 Å². The van der Waals surface area contributed by atoms with Crippen LogP contribution in [0.1, 0.15) is 66.1 Å². The van der Waals surface area contributed by atoms with Crippen molar-refractivity contribution in [2.75, 3.05) is 56.5 Å². The van der Waals surface area contributed by atoms with Gasteiger partial charge in [-0.25, -0.2) is 43.9 Å². The number of nitrogens with two attached hydrogens (primary N) is 3. The molecule has 9 heterocycles. The van der Waals surface area contributed by atoms with Crippen LogP contribution >= 0.6 is 0 Å². The number of fused-ring (bicyclic) bond motifs is 3. The lowest BCUT2D eigenvalue weighted by molar-refractivity contribution is -0.127. The van der Waals surface area contributed by atoms with Crippen molar-refractivity contribution in [1.82, 2.24) is 73.9 Å².